The van der Waals surface area contributed by atoms with E-state index in [-0.39, 0.29) is 0 Å². The SMILES string of the molecule is CSc1nc(N2CCN(c3ncccn3)CC2)c2c3c(sc2n1)CCCC3. The van der Waals surface area contributed by atoms with Gasteiger partial charge in [-0.1, -0.05) is 11.8 Å². The largest absolute Gasteiger partial charge is 0.352 e. The molecule has 3 aromatic rings. The van der Waals surface area contributed by atoms with Crippen LogP contribution >= 0.6 is 23.1 Å². The van der Waals surface area contributed by atoms with E-state index in [1.165, 1.54) is 46.3 Å². The monoisotopic (exact) mass is 398 g/mol. The van der Waals surface area contributed by atoms with Crippen molar-refractivity contribution < 1.29 is 0 Å². The van der Waals surface area contributed by atoms with Crippen molar-refractivity contribution in [1.82, 2.24) is 19.9 Å². The highest BCUT2D eigenvalue weighted by Crippen LogP contribution is 2.40. The lowest BCUT2D eigenvalue weighted by Gasteiger charge is -2.35. The Hall–Kier alpha value is -1.93. The Labute approximate surface area is 167 Å². The number of thioether (sulfide) groups is 1. The summed E-state index contributed by atoms with van der Waals surface area (Å²) in [6.45, 7) is 3.69. The Morgan fingerprint density at radius 3 is 2.48 bits per heavy atom. The predicted molar refractivity (Wildman–Crippen MR) is 112 cm³/mol. The summed E-state index contributed by atoms with van der Waals surface area (Å²) in [6.07, 6.45) is 10.6. The molecule has 2 aliphatic rings. The lowest BCUT2D eigenvalue weighted by atomic mass is 9.97. The summed E-state index contributed by atoms with van der Waals surface area (Å²) in [6, 6.07) is 1.86. The third-order valence-electron chi connectivity index (χ3n) is 5.37. The molecule has 27 heavy (non-hydrogen) atoms. The van der Waals surface area contributed by atoms with Crippen molar-refractivity contribution in [1.29, 1.82) is 0 Å². The molecule has 0 amide bonds. The van der Waals surface area contributed by atoms with E-state index in [4.69, 9.17) is 9.97 Å². The molecule has 1 aliphatic heterocycles. The van der Waals surface area contributed by atoms with Gasteiger partial charge in [0.1, 0.15) is 10.6 Å². The number of hydrogen-bond acceptors (Lipinski definition) is 8. The van der Waals surface area contributed by atoms with Gasteiger partial charge in [0, 0.05) is 43.4 Å². The van der Waals surface area contributed by atoms with Gasteiger partial charge in [-0.25, -0.2) is 19.9 Å². The molecule has 0 spiro atoms. The van der Waals surface area contributed by atoms with Crippen LogP contribution in [0, 0.1) is 0 Å². The summed E-state index contributed by atoms with van der Waals surface area (Å²) < 4.78 is 0. The van der Waals surface area contributed by atoms with Gasteiger partial charge < -0.3 is 9.80 Å². The Kier molecular flexibility index (Phi) is 4.61. The predicted octanol–water partition coefficient (Wildman–Crippen LogP) is 3.41. The molecule has 0 unspecified atom stereocenters. The molecule has 0 N–H and O–H groups in total. The summed E-state index contributed by atoms with van der Waals surface area (Å²) in [5.41, 5.74) is 1.51. The van der Waals surface area contributed by atoms with Crippen molar-refractivity contribution >= 4 is 45.1 Å². The number of fused-ring (bicyclic) bond motifs is 3. The van der Waals surface area contributed by atoms with Gasteiger partial charge in [-0.05, 0) is 43.6 Å². The summed E-state index contributed by atoms with van der Waals surface area (Å²) in [5, 5.41) is 2.20. The van der Waals surface area contributed by atoms with Crippen LogP contribution in [-0.2, 0) is 12.8 Å². The second-order valence-corrected chi connectivity index (χ2v) is 8.80. The van der Waals surface area contributed by atoms with Crippen LogP contribution in [0.5, 0.6) is 0 Å². The van der Waals surface area contributed by atoms with Crippen molar-refractivity contribution in [2.45, 2.75) is 30.8 Å². The van der Waals surface area contributed by atoms with Gasteiger partial charge in [-0.15, -0.1) is 11.3 Å². The molecular weight excluding hydrogens is 376 g/mol. The van der Waals surface area contributed by atoms with E-state index in [2.05, 4.69) is 26.0 Å². The smallest absolute Gasteiger partial charge is 0.225 e. The number of aryl methyl sites for hydroxylation is 2. The van der Waals surface area contributed by atoms with Crippen molar-refractivity contribution in [3.8, 4) is 0 Å². The molecule has 5 rings (SSSR count). The quantitative estimate of drug-likeness (QED) is 0.495. The van der Waals surface area contributed by atoms with Crippen LogP contribution in [-0.4, -0.2) is 52.4 Å². The zero-order valence-corrected chi connectivity index (χ0v) is 17.0. The Balaban J connectivity index is 1.48. The van der Waals surface area contributed by atoms with E-state index in [0.29, 0.717) is 0 Å². The molecule has 0 bridgehead atoms. The van der Waals surface area contributed by atoms with E-state index in [1.54, 1.807) is 11.8 Å². The fraction of sp³-hybridized carbons (Fsp3) is 0.474. The highest BCUT2D eigenvalue weighted by atomic mass is 32.2. The lowest BCUT2D eigenvalue weighted by Crippen LogP contribution is -2.47. The van der Waals surface area contributed by atoms with Gasteiger partial charge in [-0.2, -0.15) is 0 Å². The van der Waals surface area contributed by atoms with Crippen molar-refractivity contribution in [3.63, 3.8) is 0 Å². The first-order chi connectivity index (χ1) is 13.3. The number of aromatic nitrogens is 4. The van der Waals surface area contributed by atoms with E-state index in [0.717, 1.165) is 43.1 Å². The van der Waals surface area contributed by atoms with E-state index >= 15 is 0 Å². The average Bonchev–Trinajstić information content (AvgIpc) is 3.12. The number of anilines is 2. The Morgan fingerprint density at radius 2 is 1.70 bits per heavy atom. The lowest BCUT2D eigenvalue weighted by molar-refractivity contribution is 0.633. The second-order valence-electron chi connectivity index (χ2n) is 6.95. The minimum Gasteiger partial charge on any atom is -0.352 e. The molecule has 1 fully saturated rings. The second kappa shape index (κ2) is 7.24. The topological polar surface area (TPSA) is 58.0 Å². The number of piperazine rings is 1. The molecule has 6 nitrogen and oxygen atoms in total. The number of thiophene rings is 1. The first-order valence-electron chi connectivity index (χ1n) is 9.46. The summed E-state index contributed by atoms with van der Waals surface area (Å²) in [5.74, 6) is 1.96. The summed E-state index contributed by atoms with van der Waals surface area (Å²) >= 11 is 3.52. The molecule has 140 valence electrons. The van der Waals surface area contributed by atoms with Crippen molar-refractivity contribution in [2.75, 3.05) is 42.2 Å². The third-order valence-corrected chi connectivity index (χ3v) is 7.11. The van der Waals surface area contributed by atoms with Crippen molar-refractivity contribution in [3.05, 3.63) is 28.9 Å². The minimum atomic E-state index is 0.822. The van der Waals surface area contributed by atoms with Crippen LogP contribution in [0.15, 0.2) is 23.6 Å². The van der Waals surface area contributed by atoms with Gasteiger partial charge >= 0.3 is 0 Å². The van der Waals surface area contributed by atoms with Gasteiger partial charge in [0.05, 0.1) is 5.39 Å². The normalized spacial score (nSPS) is 17.4. The average molecular weight is 399 g/mol. The van der Waals surface area contributed by atoms with E-state index in [1.807, 2.05) is 29.8 Å². The van der Waals surface area contributed by atoms with Crippen LogP contribution in [0.4, 0.5) is 11.8 Å². The molecule has 8 heteroatoms. The molecule has 1 saturated heterocycles. The number of rotatable bonds is 3. The van der Waals surface area contributed by atoms with Crippen molar-refractivity contribution in [2.24, 2.45) is 0 Å². The minimum absolute atomic E-state index is 0.822. The van der Waals surface area contributed by atoms with Crippen LogP contribution in [0.25, 0.3) is 10.2 Å². The maximum Gasteiger partial charge on any atom is 0.225 e. The highest BCUT2D eigenvalue weighted by molar-refractivity contribution is 7.98. The number of hydrogen-bond donors (Lipinski definition) is 0. The molecule has 4 heterocycles. The molecule has 0 aromatic carbocycles. The molecule has 0 saturated carbocycles. The van der Waals surface area contributed by atoms with Crippen LogP contribution in [0.3, 0.4) is 0 Å². The molecule has 0 radical (unpaired) electrons. The maximum atomic E-state index is 4.96. The maximum absolute atomic E-state index is 4.96. The van der Waals surface area contributed by atoms with E-state index in [9.17, 15) is 0 Å². The summed E-state index contributed by atoms with van der Waals surface area (Å²) in [7, 11) is 0. The first-order valence-corrected chi connectivity index (χ1v) is 11.5. The Morgan fingerprint density at radius 1 is 0.963 bits per heavy atom. The Bertz CT molecular complexity index is 950. The third kappa shape index (κ3) is 3.14. The van der Waals surface area contributed by atoms with Gasteiger partial charge in [0.15, 0.2) is 5.16 Å². The fourth-order valence-corrected chi connectivity index (χ4v) is 5.69. The molecule has 1 aliphatic carbocycles. The van der Waals surface area contributed by atoms with Crippen LogP contribution in [0.2, 0.25) is 0 Å². The van der Waals surface area contributed by atoms with Gasteiger partial charge in [0.25, 0.3) is 0 Å². The standard InChI is InChI=1S/C19H22N6S2/c1-26-19-22-16(15-13-5-2-3-6-14(13)27-17(15)23-19)24-9-11-25(12-10-24)18-20-7-4-8-21-18/h4,7-8H,2-3,5-6,9-12H2,1H3. The molecular formula is C19H22N6S2. The molecule has 3 aromatic heterocycles. The van der Waals surface area contributed by atoms with E-state index < -0.39 is 0 Å². The molecule has 0 atom stereocenters. The zero-order chi connectivity index (χ0) is 18.2. The number of nitrogens with zero attached hydrogens (tertiary/aromatic N) is 6. The highest BCUT2D eigenvalue weighted by Gasteiger charge is 2.26. The summed E-state index contributed by atoms with van der Waals surface area (Å²) in [4.78, 5) is 26.0. The zero-order valence-electron chi connectivity index (χ0n) is 15.4. The van der Waals surface area contributed by atoms with Crippen LogP contribution in [0.1, 0.15) is 23.3 Å². The first kappa shape index (κ1) is 17.2. The van der Waals surface area contributed by atoms with Crippen LogP contribution < -0.4 is 9.80 Å². The fourth-order valence-electron chi connectivity index (χ4n) is 4.01. The van der Waals surface area contributed by atoms with Gasteiger partial charge in [0.2, 0.25) is 5.95 Å². The van der Waals surface area contributed by atoms with Gasteiger partial charge in [-0.3, -0.25) is 0 Å².